The average molecular weight is 340 g/mol. The highest BCUT2D eigenvalue weighted by atomic mass is 16.5. The third-order valence-electron chi connectivity index (χ3n) is 4.00. The van der Waals surface area contributed by atoms with E-state index in [9.17, 15) is 4.79 Å². The van der Waals surface area contributed by atoms with Crippen LogP contribution in [-0.4, -0.2) is 27.4 Å². The lowest BCUT2D eigenvalue weighted by Gasteiger charge is -2.25. The van der Waals surface area contributed by atoms with Gasteiger partial charge in [-0.05, 0) is 29.3 Å². The largest absolute Gasteiger partial charge is 0.493 e. The molecule has 2 aromatic carbocycles. The van der Waals surface area contributed by atoms with Crippen LogP contribution in [0.3, 0.4) is 0 Å². The van der Waals surface area contributed by atoms with E-state index in [2.05, 4.69) is 10.6 Å². The zero-order chi connectivity index (χ0) is 17.8. The van der Waals surface area contributed by atoms with E-state index in [1.807, 2.05) is 48.5 Å². The molecule has 6 heteroatoms. The van der Waals surface area contributed by atoms with Crippen LogP contribution in [0, 0.1) is 0 Å². The number of rotatable bonds is 5. The number of carbonyl (C=O) groups excluding carboxylic acids is 1. The van der Waals surface area contributed by atoms with Gasteiger partial charge in [-0.15, -0.1) is 0 Å². The summed E-state index contributed by atoms with van der Waals surface area (Å²) in [7, 11) is 4.68. The van der Waals surface area contributed by atoms with E-state index < -0.39 is 0 Å². The van der Waals surface area contributed by atoms with E-state index >= 15 is 0 Å². The zero-order valence-electron chi connectivity index (χ0n) is 14.3. The minimum Gasteiger partial charge on any atom is -0.493 e. The summed E-state index contributed by atoms with van der Waals surface area (Å²) in [5, 5.41) is 5.73. The third kappa shape index (κ3) is 3.38. The molecule has 0 bridgehead atoms. The van der Waals surface area contributed by atoms with Gasteiger partial charge < -0.3 is 24.8 Å². The summed E-state index contributed by atoms with van der Waals surface area (Å²) in [5.41, 5.74) is 2.52. The second kappa shape index (κ2) is 7.17. The number of hydrogen-bond donors (Lipinski definition) is 2. The topological polar surface area (TPSA) is 68.8 Å². The minimum atomic E-state index is -0.322. The predicted octanol–water partition coefficient (Wildman–Crippen LogP) is 3.11. The smallest absolute Gasteiger partial charge is 0.319 e. The van der Waals surface area contributed by atoms with Crippen LogP contribution in [0.4, 0.5) is 4.79 Å². The Kier molecular flexibility index (Phi) is 4.79. The van der Waals surface area contributed by atoms with E-state index in [1.54, 1.807) is 21.3 Å². The fourth-order valence-corrected chi connectivity index (χ4v) is 2.80. The van der Waals surface area contributed by atoms with Crippen molar-refractivity contribution >= 4 is 11.7 Å². The van der Waals surface area contributed by atoms with Crippen LogP contribution in [0.25, 0.3) is 5.70 Å². The molecule has 6 nitrogen and oxygen atoms in total. The maximum absolute atomic E-state index is 12.1. The van der Waals surface area contributed by atoms with Crippen molar-refractivity contribution in [3.8, 4) is 17.2 Å². The Bertz CT molecular complexity index is 777. The Morgan fingerprint density at radius 2 is 1.56 bits per heavy atom. The zero-order valence-corrected chi connectivity index (χ0v) is 14.3. The molecule has 130 valence electrons. The Morgan fingerprint density at radius 1 is 0.920 bits per heavy atom. The highest BCUT2D eigenvalue weighted by Crippen LogP contribution is 2.40. The maximum Gasteiger partial charge on any atom is 0.319 e. The number of urea groups is 1. The summed E-state index contributed by atoms with van der Waals surface area (Å²) in [6, 6.07) is 12.8. The first kappa shape index (κ1) is 16.7. The van der Waals surface area contributed by atoms with Crippen molar-refractivity contribution in [1.82, 2.24) is 10.6 Å². The van der Waals surface area contributed by atoms with Gasteiger partial charge in [0.05, 0.1) is 27.4 Å². The van der Waals surface area contributed by atoms with E-state index in [0.717, 1.165) is 16.8 Å². The number of benzene rings is 2. The van der Waals surface area contributed by atoms with Crippen molar-refractivity contribution in [2.45, 2.75) is 6.04 Å². The Hall–Kier alpha value is -3.15. The number of carbonyl (C=O) groups is 1. The molecule has 0 aromatic heterocycles. The molecule has 0 saturated heterocycles. The second-order valence-corrected chi connectivity index (χ2v) is 5.48. The van der Waals surface area contributed by atoms with Crippen LogP contribution < -0.4 is 24.8 Å². The van der Waals surface area contributed by atoms with Gasteiger partial charge in [-0.25, -0.2) is 4.79 Å². The first-order valence-electron chi connectivity index (χ1n) is 7.81. The van der Waals surface area contributed by atoms with Crippen molar-refractivity contribution in [3.05, 3.63) is 59.7 Å². The molecule has 0 spiro atoms. The number of amides is 2. The van der Waals surface area contributed by atoms with Crippen LogP contribution in [-0.2, 0) is 0 Å². The molecule has 2 aromatic rings. The van der Waals surface area contributed by atoms with Gasteiger partial charge in [-0.2, -0.15) is 0 Å². The lowest BCUT2D eigenvalue weighted by Crippen LogP contribution is -2.40. The van der Waals surface area contributed by atoms with E-state index in [-0.39, 0.29) is 12.1 Å². The van der Waals surface area contributed by atoms with Gasteiger partial charge in [-0.3, -0.25) is 0 Å². The fraction of sp³-hybridized carbons (Fsp3) is 0.211. The van der Waals surface area contributed by atoms with Crippen molar-refractivity contribution in [1.29, 1.82) is 0 Å². The quantitative estimate of drug-likeness (QED) is 0.877. The summed E-state index contributed by atoms with van der Waals surface area (Å²) in [6.45, 7) is 0. The Labute approximate surface area is 146 Å². The molecule has 0 saturated carbocycles. The Morgan fingerprint density at radius 3 is 2.12 bits per heavy atom. The van der Waals surface area contributed by atoms with E-state index in [4.69, 9.17) is 14.2 Å². The summed E-state index contributed by atoms with van der Waals surface area (Å²) in [4.78, 5) is 12.1. The molecule has 0 radical (unpaired) electrons. The van der Waals surface area contributed by atoms with Crippen LogP contribution in [0.15, 0.2) is 48.5 Å². The van der Waals surface area contributed by atoms with Crippen molar-refractivity contribution < 1.29 is 19.0 Å². The monoisotopic (exact) mass is 340 g/mol. The first-order valence-corrected chi connectivity index (χ1v) is 7.81. The van der Waals surface area contributed by atoms with Gasteiger partial charge in [-0.1, -0.05) is 30.3 Å². The van der Waals surface area contributed by atoms with Gasteiger partial charge in [0.2, 0.25) is 5.75 Å². The van der Waals surface area contributed by atoms with Gasteiger partial charge in [0, 0.05) is 5.70 Å². The number of hydrogen-bond acceptors (Lipinski definition) is 4. The van der Waals surface area contributed by atoms with Gasteiger partial charge in [0.1, 0.15) is 0 Å². The van der Waals surface area contributed by atoms with Gasteiger partial charge in [0.15, 0.2) is 11.5 Å². The van der Waals surface area contributed by atoms with Crippen molar-refractivity contribution in [3.63, 3.8) is 0 Å². The average Bonchev–Trinajstić information content (AvgIpc) is 2.66. The van der Waals surface area contributed by atoms with Crippen molar-refractivity contribution in [2.75, 3.05) is 21.3 Å². The van der Waals surface area contributed by atoms with Gasteiger partial charge in [0.25, 0.3) is 0 Å². The molecule has 1 heterocycles. The van der Waals surface area contributed by atoms with Crippen LogP contribution in [0.1, 0.15) is 17.2 Å². The maximum atomic E-state index is 12.1. The molecular formula is C19H20N2O4. The minimum absolute atomic E-state index is 0.264. The molecule has 1 atom stereocenters. The molecule has 1 aliphatic rings. The molecule has 2 N–H and O–H groups in total. The molecule has 25 heavy (non-hydrogen) atoms. The first-order chi connectivity index (χ1) is 12.2. The summed E-state index contributed by atoms with van der Waals surface area (Å²) < 4.78 is 16.1. The van der Waals surface area contributed by atoms with Gasteiger partial charge >= 0.3 is 6.03 Å². The van der Waals surface area contributed by atoms with E-state index in [0.29, 0.717) is 17.2 Å². The predicted molar refractivity (Wildman–Crippen MR) is 94.9 cm³/mol. The summed E-state index contributed by atoms with van der Waals surface area (Å²) in [5.74, 6) is 1.60. The molecular weight excluding hydrogens is 320 g/mol. The fourth-order valence-electron chi connectivity index (χ4n) is 2.80. The molecule has 0 aliphatic carbocycles. The standard InChI is InChI=1S/C19H20N2O4/c1-23-16-9-13(10-17(24-2)18(16)25-3)15-11-14(20-19(22)21-15)12-7-5-4-6-8-12/h4-11,15H,1-3H3,(H2,20,21,22). The van der Waals surface area contributed by atoms with Crippen molar-refractivity contribution in [2.24, 2.45) is 0 Å². The van der Waals surface area contributed by atoms with Crippen LogP contribution >= 0.6 is 0 Å². The highest BCUT2D eigenvalue weighted by Gasteiger charge is 2.23. The molecule has 0 fully saturated rings. The lowest BCUT2D eigenvalue weighted by molar-refractivity contribution is 0.241. The highest BCUT2D eigenvalue weighted by molar-refractivity contribution is 5.88. The number of ether oxygens (including phenoxy) is 3. The molecule has 2 amide bonds. The molecule has 3 rings (SSSR count). The number of nitrogens with one attached hydrogen (secondary N) is 2. The normalized spacial score (nSPS) is 16.4. The van der Waals surface area contributed by atoms with Crippen LogP contribution in [0.2, 0.25) is 0 Å². The second-order valence-electron chi connectivity index (χ2n) is 5.48. The van der Waals surface area contributed by atoms with Crippen LogP contribution in [0.5, 0.6) is 17.2 Å². The summed E-state index contributed by atoms with van der Waals surface area (Å²) in [6.07, 6.45) is 1.96. The number of methoxy groups -OCH3 is 3. The summed E-state index contributed by atoms with van der Waals surface area (Å²) >= 11 is 0. The molecule has 1 aliphatic heterocycles. The van der Waals surface area contributed by atoms with E-state index in [1.165, 1.54) is 0 Å². The molecule has 1 unspecified atom stereocenters. The lowest BCUT2D eigenvalue weighted by atomic mass is 10.0. The third-order valence-corrected chi connectivity index (χ3v) is 4.00. The SMILES string of the molecule is COc1cc(C2C=C(c3ccccc3)NC(=O)N2)cc(OC)c1OC. The Balaban J connectivity index is 2.04.